The molecule has 0 spiro atoms. The fourth-order valence-corrected chi connectivity index (χ4v) is 3.31. The van der Waals surface area contributed by atoms with Crippen molar-refractivity contribution in [3.8, 4) is 5.75 Å². The van der Waals surface area contributed by atoms with Gasteiger partial charge in [0, 0.05) is 18.5 Å². The number of carbonyl (C=O) groups is 2. The monoisotopic (exact) mass is 374 g/mol. The zero-order chi connectivity index (χ0) is 19.6. The first-order valence-corrected chi connectivity index (χ1v) is 9.24. The molecular weight excluding hydrogens is 348 g/mol. The van der Waals surface area contributed by atoms with E-state index in [0.717, 1.165) is 17.5 Å². The summed E-state index contributed by atoms with van der Waals surface area (Å²) in [7, 11) is 0. The van der Waals surface area contributed by atoms with Gasteiger partial charge in [-0.3, -0.25) is 9.59 Å². The summed E-state index contributed by atoms with van der Waals surface area (Å²) in [6.45, 7) is 4.56. The van der Waals surface area contributed by atoms with Crippen LogP contribution in [-0.2, 0) is 9.59 Å². The fraction of sp³-hybridized carbons (Fsp3) is 0.500. The summed E-state index contributed by atoms with van der Waals surface area (Å²) in [6.07, 6.45) is -0.185. The third-order valence-corrected chi connectivity index (χ3v) is 5.16. The molecule has 27 heavy (non-hydrogen) atoms. The Morgan fingerprint density at radius 1 is 1.26 bits per heavy atom. The third kappa shape index (κ3) is 4.48. The Bertz CT molecular complexity index is 761. The molecule has 2 amide bonds. The van der Waals surface area contributed by atoms with Crippen molar-refractivity contribution in [3.63, 3.8) is 0 Å². The summed E-state index contributed by atoms with van der Waals surface area (Å²) in [5.74, 6) is -0.0647. The highest BCUT2D eigenvalue weighted by Gasteiger charge is 2.35. The summed E-state index contributed by atoms with van der Waals surface area (Å²) >= 11 is 0. The van der Waals surface area contributed by atoms with Gasteiger partial charge >= 0.3 is 0 Å². The molecule has 0 bridgehead atoms. The molecule has 1 aliphatic heterocycles. The lowest BCUT2D eigenvalue weighted by Gasteiger charge is -2.31. The van der Waals surface area contributed by atoms with Gasteiger partial charge in [-0.2, -0.15) is 0 Å². The molecule has 1 aromatic carbocycles. The van der Waals surface area contributed by atoms with Gasteiger partial charge in [0.25, 0.3) is 0 Å². The molecule has 4 N–H and O–H groups in total. The van der Waals surface area contributed by atoms with Crippen molar-refractivity contribution in [1.82, 2.24) is 10.6 Å². The van der Waals surface area contributed by atoms with Crippen LogP contribution in [-0.4, -0.2) is 52.9 Å². The number of piperidine rings is 1. The first-order chi connectivity index (χ1) is 12.8. The van der Waals surface area contributed by atoms with Crippen LogP contribution < -0.4 is 15.4 Å². The maximum absolute atomic E-state index is 12.6. The minimum Gasteiger partial charge on any atom is -0.484 e. The summed E-state index contributed by atoms with van der Waals surface area (Å²) in [5, 5.41) is 25.9. The lowest BCUT2D eigenvalue weighted by atomic mass is 9.91. The lowest BCUT2D eigenvalue weighted by Crippen LogP contribution is -2.51. The molecule has 1 aromatic rings. The van der Waals surface area contributed by atoms with E-state index in [1.54, 1.807) is 6.07 Å². The zero-order valence-corrected chi connectivity index (χ0v) is 15.6. The highest BCUT2D eigenvalue weighted by Crippen LogP contribution is 2.25. The number of rotatable bonds is 4. The van der Waals surface area contributed by atoms with Gasteiger partial charge in [-0.05, 0) is 56.0 Å². The first-order valence-electron chi connectivity index (χ1n) is 9.24. The molecular formula is C20H26N2O5. The molecule has 7 heteroatoms. The Morgan fingerprint density at radius 2 is 2.04 bits per heavy atom. The minimum absolute atomic E-state index is 0.00806. The number of hydrogen-bond donors (Lipinski definition) is 4. The van der Waals surface area contributed by atoms with Gasteiger partial charge in [0.05, 0.1) is 6.10 Å². The quantitative estimate of drug-likeness (QED) is 0.614. The Kier molecular flexibility index (Phi) is 5.82. The van der Waals surface area contributed by atoms with E-state index in [1.807, 2.05) is 26.0 Å². The Balaban J connectivity index is 1.74. The predicted molar refractivity (Wildman–Crippen MR) is 99.2 cm³/mol. The summed E-state index contributed by atoms with van der Waals surface area (Å²) < 4.78 is 5.82. The highest BCUT2D eigenvalue weighted by atomic mass is 16.5. The molecule has 3 rings (SSSR count). The number of aliphatic hydroxyl groups is 2. The van der Waals surface area contributed by atoms with E-state index in [0.29, 0.717) is 24.3 Å². The van der Waals surface area contributed by atoms with Crippen molar-refractivity contribution < 1.29 is 24.5 Å². The minimum atomic E-state index is -1.14. The zero-order valence-electron chi connectivity index (χ0n) is 15.6. The van der Waals surface area contributed by atoms with Gasteiger partial charge in [-0.25, -0.2) is 0 Å². The van der Waals surface area contributed by atoms with Crippen molar-refractivity contribution in [3.05, 3.63) is 41.0 Å². The average Bonchev–Trinajstić information content (AvgIpc) is 2.63. The molecule has 1 aliphatic carbocycles. The van der Waals surface area contributed by atoms with Crippen LogP contribution in [0.15, 0.2) is 29.8 Å². The average molecular weight is 374 g/mol. The molecule has 4 unspecified atom stereocenters. The fourth-order valence-electron chi connectivity index (χ4n) is 3.31. The summed E-state index contributed by atoms with van der Waals surface area (Å²) in [6, 6.07) is 4.98. The highest BCUT2D eigenvalue weighted by molar-refractivity contribution is 5.97. The topological polar surface area (TPSA) is 108 Å². The van der Waals surface area contributed by atoms with E-state index in [4.69, 9.17) is 4.74 Å². The lowest BCUT2D eigenvalue weighted by molar-refractivity contribution is -0.129. The van der Waals surface area contributed by atoms with Gasteiger partial charge in [-0.1, -0.05) is 6.07 Å². The Hall–Kier alpha value is -2.38. The summed E-state index contributed by atoms with van der Waals surface area (Å²) in [4.78, 5) is 24.4. The van der Waals surface area contributed by atoms with Crippen LogP contribution in [0.25, 0.3) is 0 Å². The van der Waals surface area contributed by atoms with Crippen molar-refractivity contribution >= 4 is 11.8 Å². The molecule has 4 atom stereocenters. The van der Waals surface area contributed by atoms with E-state index < -0.39 is 30.3 Å². The van der Waals surface area contributed by atoms with Gasteiger partial charge in [0.2, 0.25) is 11.8 Å². The van der Waals surface area contributed by atoms with Crippen molar-refractivity contribution in [2.45, 2.75) is 57.5 Å². The number of ether oxygens (including phenoxy) is 1. The Morgan fingerprint density at radius 3 is 2.74 bits per heavy atom. The van der Waals surface area contributed by atoms with E-state index >= 15 is 0 Å². The van der Waals surface area contributed by atoms with Crippen LogP contribution >= 0.6 is 0 Å². The van der Waals surface area contributed by atoms with E-state index in [-0.39, 0.29) is 12.3 Å². The molecule has 1 heterocycles. The normalized spacial score (nSPS) is 28.1. The van der Waals surface area contributed by atoms with E-state index in [1.165, 1.54) is 6.08 Å². The molecule has 0 radical (unpaired) electrons. The van der Waals surface area contributed by atoms with Crippen LogP contribution in [0.2, 0.25) is 0 Å². The number of aryl methyl sites for hydroxylation is 2. The van der Waals surface area contributed by atoms with E-state index in [9.17, 15) is 19.8 Å². The number of benzene rings is 1. The van der Waals surface area contributed by atoms with Crippen LogP contribution in [0.1, 0.15) is 30.4 Å². The number of carbonyl (C=O) groups excluding carboxylic acids is 2. The van der Waals surface area contributed by atoms with Crippen molar-refractivity contribution in [1.29, 1.82) is 0 Å². The first kappa shape index (κ1) is 19.4. The maximum Gasteiger partial charge on any atom is 0.247 e. The van der Waals surface area contributed by atoms with Crippen LogP contribution in [0.3, 0.4) is 0 Å². The number of amides is 2. The third-order valence-electron chi connectivity index (χ3n) is 5.16. The van der Waals surface area contributed by atoms with Crippen LogP contribution in [0, 0.1) is 13.8 Å². The molecule has 1 fully saturated rings. The summed E-state index contributed by atoms with van der Waals surface area (Å²) in [5.41, 5.74) is 2.47. The number of nitrogens with one attached hydrogen (secondary N) is 2. The van der Waals surface area contributed by atoms with Crippen LogP contribution in [0.5, 0.6) is 5.75 Å². The Labute approximate surface area is 158 Å². The molecule has 146 valence electrons. The van der Waals surface area contributed by atoms with Gasteiger partial charge < -0.3 is 25.6 Å². The predicted octanol–water partition coefficient (Wildman–Crippen LogP) is 0.498. The van der Waals surface area contributed by atoms with Crippen molar-refractivity contribution in [2.24, 2.45) is 0 Å². The second kappa shape index (κ2) is 8.10. The van der Waals surface area contributed by atoms with Gasteiger partial charge in [0.15, 0.2) is 0 Å². The van der Waals surface area contributed by atoms with Gasteiger partial charge in [0.1, 0.15) is 24.0 Å². The largest absolute Gasteiger partial charge is 0.484 e. The maximum atomic E-state index is 12.6. The van der Waals surface area contributed by atoms with E-state index in [2.05, 4.69) is 10.6 Å². The number of aliphatic hydroxyl groups excluding tert-OH is 2. The molecule has 1 saturated heterocycles. The molecule has 7 nitrogen and oxygen atoms in total. The molecule has 0 aromatic heterocycles. The SMILES string of the molecule is Cc1ccc(OC2C=C(C(=O)NC3CCCNC3=O)CC(O)C2O)cc1C. The standard InChI is InChI=1S/C20H26N2O5/c1-11-5-6-14(8-12(11)2)27-17-10-13(9-16(23)18(17)24)19(25)22-15-4-3-7-21-20(15)26/h5-6,8,10,15-18,23-24H,3-4,7,9H2,1-2H3,(H,21,26)(H,22,25). The van der Waals surface area contributed by atoms with Crippen LogP contribution in [0.4, 0.5) is 0 Å². The second-order valence-electron chi connectivity index (χ2n) is 7.24. The van der Waals surface area contributed by atoms with Gasteiger partial charge in [-0.15, -0.1) is 0 Å². The smallest absolute Gasteiger partial charge is 0.247 e. The molecule has 2 aliphatic rings. The molecule has 0 saturated carbocycles. The second-order valence-corrected chi connectivity index (χ2v) is 7.24. The van der Waals surface area contributed by atoms with Crippen molar-refractivity contribution in [2.75, 3.05) is 6.54 Å². The number of hydrogen-bond acceptors (Lipinski definition) is 5.